The van der Waals surface area contributed by atoms with Gasteiger partial charge in [-0.25, -0.2) is 0 Å². The number of anilines is 3. The van der Waals surface area contributed by atoms with Crippen LogP contribution < -0.4 is 4.90 Å². The van der Waals surface area contributed by atoms with Crippen molar-refractivity contribution < 1.29 is 0 Å². The summed E-state index contributed by atoms with van der Waals surface area (Å²) in [5.74, 6) is 0. The van der Waals surface area contributed by atoms with E-state index in [1.807, 2.05) is 0 Å². The zero-order chi connectivity index (χ0) is 45.2. The standard InChI is InChI=1S/C66H41N3/c1-2-16-42(17-3-1)68-63-28-14-12-26-57(63)59-37-33-46(41-65(59)68)69-64-29-15-13-27-58(64)60-36-32-45(40-66(60)69)67(43-30-34-55-51-22-6-4-18-47(51)49-20-8-10-24-53(49)61(55)38-43)44-31-35-56-52-23-7-5-19-48(52)50-21-9-11-25-54(50)62(56)39-44/h1-41H. The van der Waals surface area contributed by atoms with Gasteiger partial charge in [-0.1, -0.05) is 176 Å². The molecule has 0 aliphatic heterocycles. The van der Waals surface area contributed by atoms with Crippen molar-refractivity contribution in [3.8, 4) is 11.4 Å². The highest BCUT2D eigenvalue weighted by atomic mass is 15.1. The number of para-hydroxylation sites is 3. The molecule has 69 heavy (non-hydrogen) atoms. The molecular weight excluding hydrogens is 835 g/mol. The molecule has 320 valence electrons. The minimum Gasteiger partial charge on any atom is -0.310 e. The molecule has 0 aliphatic carbocycles. The largest absolute Gasteiger partial charge is 0.310 e. The Balaban J connectivity index is 1.02. The Labute approximate surface area is 397 Å². The summed E-state index contributed by atoms with van der Waals surface area (Å²) < 4.78 is 4.88. The minimum atomic E-state index is 1.08. The molecular formula is C66H41N3. The van der Waals surface area contributed by atoms with E-state index in [-0.39, 0.29) is 0 Å². The van der Waals surface area contributed by atoms with Gasteiger partial charge in [0.2, 0.25) is 0 Å². The van der Waals surface area contributed by atoms with E-state index in [2.05, 4.69) is 263 Å². The molecule has 2 heterocycles. The molecule has 0 radical (unpaired) electrons. The summed E-state index contributed by atoms with van der Waals surface area (Å²) in [7, 11) is 0. The highest BCUT2D eigenvalue weighted by Gasteiger charge is 2.22. The lowest BCUT2D eigenvalue weighted by Gasteiger charge is -2.27. The topological polar surface area (TPSA) is 13.1 Å². The second kappa shape index (κ2) is 14.7. The molecule has 0 spiro atoms. The first-order chi connectivity index (χ1) is 34.2. The van der Waals surface area contributed by atoms with E-state index < -0.39 is 0 Å². The van der Waals surface area contributed by atoms with E-state index in [1.165, 1.54) is 103 Å². The van der Waals surface area contributed by atoms with Crippen LogP contribution in [-0.2, 0) is 0 Å². The molecule has 0 atom stereocenters. The Morgan fingerprint density at radius 1 is 0.188 bits per heavy atom. The molecule has 3 nitrogen and oxygen atoms in total. The lowest BCUT2D eigenvalue weighted by molar-refractivity contribution is 1.15. The average Bonchev–Trinajstić information content (AvgIpc) is 3.93. The third-order valence-corrected chi connectivity index (χ3v) is 14.8. The Morgan fingerprint density at radius 2 is 0.493 bits per heavy atom. The fraction of sp³-hybridized carbons (Fsp3) is 0. The first-order valence-corrected chi connectivity index (χ1v) is 23.8. The van der Waals surface area contributed by atoms with Crippen molar-refractivity contribution in [2.45, 2.75) is 0 Å². The lowest BCUT2D eigenvalue weighted by Crippen LogP contribution is -2.10. The zero-order valence-electron chi connectivity index (χ0n) is 37.5. The molecule has 15 aromatic rings. The third kappa shape index (κ3) is 5.56. The summed E-state index contributed by atoms with van der Waals surface area (Å²) in [6.07, 6.45) is 0. The fourth-order valence-corrected chi connectivity index (χ4v) is 11.8. The monoisotopic (exact) mass is 875 g/mol. The predicted octanol–water partition coefficient (Wildman–Crippen LogP) is 18.3. The van der Waals surface area contributed by atoms with Crippen molar-refractivity contribution in [1.82, 2.24) is 9.13 Å². The van der Waals surface area contributed by atoms with Crippen LogP contribution >= 0.6 is 0 Å². The first kappa shape index (κ1) is 38.0. The van der Waals surface area contributed by atoms with Crippen molar-refractivity contribution in [2.24, 2.45) is 0 Å². The van der Waals surface area contributed by atoms with Crippen molar-refractivity contribution in [2.75, 3.05) is 4.90 Å². The quantitative estimate of drug-likeness (QED) is 0.157. The van der Waals surface area contributed by atoms with Gasteiger partial charge in [0.1, 0.15) is 0 Å². The Hall–Kier alpha value is -9.18. The molecule has 0 saturated carbocycles. The predicted molar refractivity (Wildman–Crippen MR) is 295 cm³/mol. The molecule has 0 saturated heterocycles. The normalized spacial score (nSPS) is 12.1. The summed E-state index contributed by atoms with van der Waals surface area (Å²) in [6, 6.07) is 92.0. The Kier molecular flexibility index (Phi) is 8.07. The number of fused-ring (bicyclic) bond motifs is 18. The number of benzene rings is 13. The van der Waals surface area contributed by atoms with Gasteiger partial charge in [-0.3, -0.25) is 0 Å². The van der Waals surface area contributed by atoms with Gasteiger partial charge in [-0.2, -0.15) is 0 Å². The molecule has 0 unspecified atom stereocenters. The zero-order valence-corrected chi connectivity index (χ0v) is 37.5. The van der Waals surface area contributed by atoms with Crippen molar-refractivity contribution in [3.05, 3.63) is 249 Å². The van der Waals surface area contributed by atoms with E-state index in [4.69, 9.17) is 0 Å². The van der Waals surface area contributed by atoms with Gasteiger partial charge in [0.25, 0.3) is 0 Å². The van der Waals surface area contributed by atoms with Crippen LogP contribution in [0.15, 0.2) is 249 Å². The molecule has 0 N–H and O–H groups in total. The SMILES string of the molecule is c1ccc(-n2c3ccccc3c3ccc(-n4c5ccccc5c5ccc(N(c6ccc7c8ccccc8c8ccccc8c7c6)c6ccc7c8ccccc8c8ccccc8c7c6)cc54)cc32)cc1. The summed E-state index contributed by atoms with van der Waals surface area (Å²) in [4.78, 5) is 2.48. The molecule has 2 aromatic heterocycles. The fourth-order valence-electron chi connectivity index (χ4n) is 11.8. The maximum Gasteiger partial charge on any atom is 0.0561 e. The van der Waals surface area contributed by atoms with Gasteiger partial charge in [0, 0.05) is 50.0 Å². The average molecular weight is 876 g/mol. The summed E-state index contributed by atoms with van der Waals surface area (Å²) in [5.41, 5.74) is 10.2. The minimum absolute atomic E-state index is 1.08. The number of aromatic nitrogens is 2. The van der Waals surface area contributed by atoms with Gasteiger partial charge in [0.05, 0.1) is 22.1 Å². The Morgan fingerprint density at radius 3 is 0.957 bits per heavy atom. The summed E-state index contributed by atoms with van der Waals surface area (Å²) in [5, 5.41) is 20.0. The van der Waals surface area contributed by atoms with Crippen LogP contribution in [0.25, 0.3) is 120 Å². The maximum atomic E-state index is 2.48. The van der Waals surface area contributed by atoms with E-state index in [9.17, 15) is 0 Å². The molecule has 0 amide bonds. The Bertz CT molecular complexity index is 4380. The van der Waals surface area contributed by atoms with E-state index >= 15 is 0 Å². The number of rotatable bonds is 5. The van der Waals surface area contributed by atoms with E-state index in [0.29, 0.717) is 0 Å². The van der Waals surface area contributed by atoms with Crippen LogP contribution in [0.3, 0.4) is 0 Å². The lowest BCUT2D eigenvalue weighted by atomic mass is 9.93. The maximum absolute atomic E-state index is 2.48. The molecule has 15 rings (SSSR count). The second-order valence-corrected chi connectivity index (χ2v) is 18.4. The number of nitrogens with zero attached hydrogens (tertiary/aromatic N) is 3. The van der Waals surface area contributed by atoms with Crippen molar-refractivity contribution >= 4 is 125 Å². The van der Waals surface area contributed by atoms with Gasteiger partial charge in [-0.15, -0.1) is 0 Å². The van der Waals surface area contributed by atoms with Crippen LogP contribution in [0.1, 0.15) is 0 Å². The van der Waals surface area contributed by atoms with Gasteiger partial charge >= 0.3 is 0 Å². The molecule has 0 bridgehead atoms. The number of hydrogen-bond donors (Lipinski definition) is 0. The van der Waals surface area contributed by atoms with E-state index in [1.54, 1.807) is 0 Å². The second-order valence-electron chi connectivity index (χ2n) is 18.4. The first-order valence-electron chi connectivity index (χ1n) is 23.8. The molecule has 0 fully saturated rings. The van der Waals surface area contributed by atoms with Crippen LogP contribution in [0.5, 0.6) is 0 Å². The van der Waals surface area contributed by atoms with Crippen molar-refractivity contribution in [3.63, 3.8) is 0 Å². The van der Waals surface area contributed by atoms with Gasteiger partial charge in [-0.05, 0) is 137 Å². The van der Waals surface area contributed by atoms with Crippen LogP contribution in [-0.4, -0.2) is 9.13 Å². The molecule has 13 aromatic carbocycles. The van der Waals surface area contributed by atoms with Crippen LogP contribution in [0.4, 0.5) is 17.1 Å². The molecule has 3 heteroatoms. The molecule has 0 aliphatic rings. The smallest absolute Gasteiger partial charge is 0.0561 e. The van der Waals surface area contributed by atoms with Crippen LogP contribution in [0, 0.1) is 0 Å². The highest BCUT2D eigenvalue weighted by Crippen LogP contribution is 2.45. The van der Waals surface area contributed by atoms with Crippen molar-refractivity contribution in [1.29, 1.82) is 0 Å². The third-order valence-electron chi connectivity index (χ3n) is 14.8. The van der Waals surface area contributed by atoms with Crippen LogP contribution in [0.2, 0.25) is 0 Å². The summed E-state index contributed by atoms with van der Waals surface area (Å²) in [6.45, 7) is 0. The summed E-state index contributed by atoms with van der Waals surface area (Å²) >= 11 is 0. The van der Waals surface area contributed by atoms with Gasteiger partial charge in [0.15, 0.2) is 0 Å². The van der Waals surface area contributed by atoms with E-state index in [0.717, 1.165) is 34.0 Å². The van der Waals surface area contributed by atoms with Gasteiger partial charge < -0.3 is 14.0 Å². The number of hydrogen-bond acceptors (Lipinski definition) is 1. The highest BCUT2D eigenvalue weighted by molar-refractivity contribution is 6.27.